The van der Waals surface area contributed by atoms with E-state index in [1.807, 2.05) is 29.2 Å². The molecule has 5 heteroatoms. The number of hydrogen-bond acceptors (Lipinski definition) is 4. The van der Waals surface area contributed by atoms with Gasteiger partial charge in [-0.1, -0.05) is 38.1 Å². The average molecular weight is 304 g/mol. The van der Waals surface area contributed by atoms with Gasteiger partial charge in [0.25, 0.3) is 0 Å². The summed E-state index contributed by atoms with van der Waals surface area (Å²) < 4.78 is 4.90. The summed E-state index contributed by atoms with van der Waals surface area (Å²) in [5.74, 6) is 0.0654. The van der Waals surface area contributed by atoms with Crippen molar-refractivity contribution in [2.45, 2.75) is 32.9 Å². The first-order valence-electron chi connectivity index (χ1n) is 7.66. The molecule has 2 rings (SSSR count). The fourth-order valence-corrected chi connectivity index (χ4v) is 2.67. The summed E-state index contributed by atoms with van der Waals surface area (Å²) in [6.45, 7) is 5.54. The van der Waals surface area contributed by atoms with Crippen molar-refractivity contribution in [3.63, 3.8) is 0 Å². The molecule has 0 saturated carbocycles. The Balaban J connectivity index is 2.09. The molecule has 0 radical (unpaired) electrons. The largest absolute Gasteiger partial charge is 0.468 e. The molecule has 1 aromatic carbocycles. The van der Waals surface area contributed by atoms with Crippen LogP contribution in [0.1, 0.15) is 25.0 Å². The minimum atomic E-state index is -0.398. The molecule has 1 atom stereocenters. The number of methoxy groups -OCH3 is 1. The van der Waals surface area contributed by atoms with Gasteiger partial charge in [-0.2, -0.15) is 0 Å². The number of ether oxygens (including phenoxy) is 1. The predicted octanol–water partition coefficient (Wildman–Crippen LogP) is 1.36. The van der Waals surface area contributed by atoms with E-state index >= 15 is 0 Å². The first-order chi connectivity index (χ1) is 10.5. The lowest BCUT2D eigenvalue weighted by Crippen LogP contribution is -2.50. The predicted molar refractivity (Wildman–Crippen MR) is 84.2 cm³/mol. The molecule has 120 valence electrons. The third-order valence-corrected chi connectivity index (χ3v) is 3.87. The fraction of sp³-hybridized carbons (Fsp3) is 0.529. The van der Waals surface area contributed by atoms with Crippen molar-refractivity contribution in [2.24, 2.45) is 5.92 Å². The van der Waals surface area contributed by atoms with Crippen molar-refractivity contribution in [3.8, 4) is 0 Å². The number of hydrogen-bond donors (Lipinski definition) is 1. The van der Waals surface area contributed by atoms with Crippen molar-refractivity contribution < 1.29 is 14.3 Å². The molecular weight excluding hydrogens is 280 g/mol. The van der Waals surface area contributed by atoms with Crippen LogP contribution in [0, 0.1) is 5.92 Å². The Morgan fingerprint density at radius 2 is 2.00 bits per heavy atom. The van der Waals surface area contributed by atoms with Gasteiger partial charge in [-0.3, -0.25) is 14.5 Å². The Morgan fingerprint density at radius 3 is 2.64 bits per heavy atom. The highest BCUT2D eigenvalue weighted by Gasteiger charge is 2.33. The lowest BCUT2D eigenvalue weighted by Gasteiger charge is -2.34. The second kappa shape index (κ2) is 7.40. The van der Waals surface area contributed by atoms with Crippen LogP contribution in [0.25, 0.3) is 0 Å². The SMILES string of the molecule is COC(=O)[C@H]1Cc2ccccc2CN1CC(=O)NCC(C)C. The maximum Gasteiger partial charge on any atom is 0.323 e. The smallest absolute Gasteiger partial charge is 0.323 e. The Labute approximate surface area is 131 Å². The van der Waals surface area contributed by atoms with Crippen molar-refractivity contribution in [3.05, 3.63) is 35.4 Å². The van der Waals surface area contributed by atoms with Gasteiger partial charge in [-0.25, -0.2) is 0 Å². The minimum absolute atomic E-state index is 0.0537. The van der Waals surface area contributed by atoms with Gasteiger partial charge in [0.05, 0.1) is 13.7 Å². The maximum atomic E-state index is 12.1. The highest BCUT2D eigenvalue weighted by atomic mass is 16.5. The van der Waals surface area contributed by atoms with E-state index < -0.39 is 6.04 Å². The van der Waals surface area contributed by atoms with Crippen molar-refractivity contribution >= 4 is 11.9 Å². The molecule has 1 amide bonds. The molecule has 0 aliphatic carbocycles. The Hall–Kier alpha value is -1.88. The van der Waals surface area contributed by atoms with Crippen molar-refractivity contribution in [1.82, 2.24) is 10.2 Å². The summed E-state index contributed by atoms with van der Waals surface area (Å²) in [5, 5.41) is 2.90. The first kappa shape index (κ1) is 16.5. The number of fused-ring (bicyclic) bond motifs is 1. The maximum absolute atomic E-state index is 12.1. The lowest BCUT2D eigenvalue weighted by atomic mass is 9.94. The van der Waals surface area contributed by atoms with Gasteiger partial charge in [-0.05, 0) is 23.5 Å². The number of carbonyl (C=O) groups is 2. The lowest BCUT2D eigenvalue weighted by molar-refractivity contribution is -0.148. The molecular formula is C17H24N2O3. The van der Waals surface area contributed by atoms with E-state index in [9.17, 15) is 9.59 Å². The van der Waals surface area contributed by atoms with Crippen LogP contribution in [0.15, 0.2) is 24.3 Å². The molecule has 1 aliphatic heterocycles. The van der Waals surface area contributed by atoms with Gasteiger partial charge in [0.15, 0.2) is 0 Å². The van der Waals surface area contributed by atoms with Crippen LogP contribution in [0.2, 0.25) is 0 Å². The van der Waals surface area contributed by atoms with Crippen LogP contribution in [-0.2, 0) is 27.3 Å². The molecule has 1 aromatic rings. The van der Waals surface area contributed by atoms with Gasteiger partial charge in [-0.15, -0.1) is 0 Å². The van der Waals surface area contributed by atoms with Gasteiger partial charge < -0.3 is 10.1 Å². The summed E-state index contributed by atoms with van der Waals surface area (Å²) in [4.78, 5) is 26.0. The van der Waals surface area contributed by atoms with Crippen LogP contribution in [0.4, 0.5) is 0 Å². The van der Waals surface area contributed by atoms with E-state index in [0.717, 1.165) is 5.56 Å². The zero-order chi connectivity index (χ0) is 16.1. The van der Waals surface area contributed by atoms with Crippen LogP contribution in [0.3, 0.4) is 0 Å². The molecule has 5 nitrogen and oxygen atoms in total. The van der Waals surface area contributed by atoms with Crippen molar-refractivity contribution in [1.29, 1.82) is 0 Å². The Bertz CT molecular complexity index is 542. The highest BCUT2D eigenvalue weighted by Crippen LogP contribution is 2.23. The zero-order valence-corrected chi connectivity index (χ0v) is 13.5. The monoisotopic (exact) mass is 304 g/mol. The highest BCUT2D eigenvalue weighted by molar-refractivity contribution is 5.81. The van der Waals surface area contributed by atoms with Crippen molar-refractivity contribution in [2.75, 3.05) is 20.2 Å². The number of nitrogens with one attached hydrogen (secondary N) is 1. The van der Waals surface area contributed by atoms with Crippen LogP contribution >= 0.6 is 0 Å². The third kappa shape index (κ3) is 4.07. The molecule has 0 fully saturated rings. The summed E-state index contributed by atoms with van der Waals surface area (Å²) in [6, 6.07) is 7.63. The third-order valence-electron chi connectivity index (χ3n) is 3.87. The normalized spacial score (nSPS) is 17.9. The van der Waals surface area contributed by atoms with E-state index in [2.05, 4.69) is 19.2 Å². The van der Waals surface area contributed by atoms with Gasteiger partial charge in [0.1, 0.15) is 6.04 Å². The van der Waals surface area contributed by atoms with Gasteiger partial charge in [0, 0.05) is 13.1 Å². The van der Waals surface area contributed by atoms with E-state index in [4.69, 9.17) is 4.74 Å². The van der Waals surface area contributed by atoms with Gasteiger partial charge in [0.2, 0.25) is 5.91 Å². The average Bonchev–Trinajstić information content (AvgIpc) is 2.51. The summed E-state index contributed by atoms with van der Waals surface area (Å²) in [6.07, 6.45) is 0.584. The van der Waals surface area contributed by atoms with Crippen LogP contribution in [-0.4, -0.2) is 43.0 Å². The topological polar surface area (TPSA) is 58.6 Å². The summed E-state index contributed by atoms with van der Waals surface area (Å²) >= 11 is 0. The molecule has 0 aromatic heterocycles. The number of rotatable bonds is 5. The second-order valence-electron chi connectivity index (χ2n) is 6.11. The second-order valence-corrected chi connectivity index (χ2v) is 6.11. The Kier molecular flexibility index (Phi) is 5.55. The molecule has 0 unspecified atom stereocenters. The zero-order valence-electron chi connectivity index (χ0n) is 13.5. The molecule has 1 aliphatic rings. The number of amides is 1. The minimum Gasteiger partial charge on any atom is -0.468 e. The summed E-state index contributed by atoms with van der Waals surface area (Å²) in [7, 11) is 1.39. The fourth-order valence-electron chi connectivity index (χ4n) is 2.67. The first-order valence-corrected chi connectivity index (χ1v) is 7.66. The Morgan fingerprint density at radius 1 is 1.32 bits per heavy atom. The molecule has 22 heavy (non-hydrogen) atoms. The number of nitrogens with zero attached hydrogens (tertiary/aromatic N) is 1. The molecule has 0 bridgehead atoms. The van der Waals surface area contributed by atoms with Gasteiger partial charge >= 0.3 is 5.97 Å². The number of benzene rings is 1. The van der Waals surface area contributed by atoms with E-state index in [-0.39, 0.29) is 18.4 Å². The van der Waals surface area contributed by atoms with Crippen LogP contribution < -0.4 is 5.32 Å². The van der Waals surface area contributed by atoms with E-state index in [1.54, 1.807) is 0 Å². The number of esters is 1. The quantitative estimate of drug-likeness (QED) is 0.835. The van der Waals surface area contributed by atoms with E-state index in [1.165, 1.54) is 12.7 Å². The molecule has 1 N–H and O–H groups in total. The van der Waals surface area contributed by atoms with Crippen LogP contribution in [0.5, 0.6) is 0 Å². The standard InChI is InChI=1S/C17H24N2O3/c1-12(2)9-18-16(20)11-19-10-14-7-5-4-6-13(14)8-15(19)17(21)22-3/h4-7,12,15H,8-11H2,1-3H3,(H,18,20)/t15-/m1/s1. The molecule has 0 saturated heterocycles. The summed E-state index contributed by atoms with van der Waals surface area (Å²) in [5.41, 5.74) is 2.32. The number of carbonyl (C=O) groups excluding carboxylic acids is 2. The molecule has 1 heterocycles. The van der Waals surface area contributed by atoms with E-state index in [0.29, 0.717) is 25.4 Å². The molecule has 0 spiro atoms.